The summed E-state index contributed by atoms with van der Waals surface area (Å²) in [5.74, 6) is -0.891. The van der Waals surface area contributed by atoms with E-state index in [0.29, 0.717) is 43.4 Å². The number of hydrogen-bond donors (Lipinski definition) is 2. The Bertz CT molecular complexity index is 626. The van der Waals surface area contributed by atoms with Crippen molar-refractivity contribution in [2.75, 3.05) is 33.5 Å². The Kier molecular flexibility index (Phi) is 7.83. The van der Waals surface area contributed by atoms with E-state index >= 15 is 0 Å². The minimum atomic E-state index is -0.434. The van der Waals surface area contributed by atoms with E-state index in [1.54, 1.807) is 25.4 Å². The molecule has 25 heavy (non-hydrogen) atoms. The maximum Gasteiger partial charge on any atom is 0.254 e. The van der Waals surface area contributed by atoms with Crippen molar-refractivity contribution in [3.05, 3.63) is 23.9 Å². The average molecular weight is 367 g/mol. The van der Waals surface area contributed by atoms with Gasteiger partial charge in [0, 0.05) is 26.3 Å². The number of imide groups is 1. The zero-order valence-electron chi connectivity index (χ0n) is 13.9. The molecule has 0 aliphatic carbocycles. The van der Waals surface area contributed by atoms with Gasteiger partial charge in [-0.05, 0) is 18.6 Å². The number of pyridine rings is 1. The summed E-state index contributed by atoms with van der Waals surface area (Å²) in [5.41, 5.74) is 0.397. The van der Waals surface area contributed by atoms with Gasteiger partial charge in [-0.25, -0.2) is 4.98 Å². The molecule has 0 bridgehead atoms. The van der Waals surface area contributed by atoms with Crippen LogP contribution in [0.15, 0.2) is 23.4 Å². The van der Waals surface area contributed by atoms with Gasteiger partial charge in [0.1, 0.15) is 5.03 Å². The highest BCUT2D eigenvalue weighted by atomic mass is 32.2. The van der Waals surface area contributed by atoms with E-state index in [-0.39, 0.29) is 24.1 Å². The Morgan fingerprint density at radius 3 is 3.00 bits per heavy atom. The molecule has 3 amide bonds. The van der Waals surface area contributed by atoms with Crippen LogP contribution in [0.25, 0.3) is 0 Å². The quantitative estimate of drug-likeness (QED) is 0.480. The molecule has 1 fully saturated rings. The van der Waals surface area contributed by atoms with Crippen molar-refractivity contribution in [2.45, 2.75) is 23.1 Å². The third-order valence-corrected chi connectivity index (χ3v) is 4.70. The molecule has 1 unspecified atom stereocenters. The van der Waals surface area contributed by atoms with Crippen LogP contribution in [0.1, 0.15) is 23.2 Å². The normalized spacial score (nSPS) is 17.2. The highest BCUT2D eigenvalue weighted by Crippen LogP contribution is 2.29. The molecule has 0 radical (unpaired) electrons. The number of rotatable bonds is 9. The number of piperidine rings is 1. The maximum absolute atomic E-state index is 12.3. The summed E-state index contributed by atoms with van der Waals surface area (Å²) in [6.07, 6.45) is 2.29. The van der Waals surface area contributed by atoms with Crippen LogP contribution in [0, 0.1) is 0 Å². The van der Waals surface area contributed by atoms with Crippen LogP contribution in [-0.4, -0.2) is 61.4 Å². The third-order valence-electron chi connectivity index (χ3n) is 3.42. The second kappa shape index (κ2) is 10.1. The lowest BCUT2D eigenvalue weighted by Crippen LogP contribution is -2.42. The maximum atomic E-state index is 12.3. The van der Waals surface area contributed by atoms with Crippen LogP contribution in [-0.2, 0) is 19.1 Å². The smallest absolute Gasteiger partial charge is 0.254 e. The fourth-order valence-electron chi connectivity index (χ4n) is 2.15. The Balaban J connectivity index is 1.90. The monoisotopic (exact) mass is 367 g/mol. The Morgan fingerprint density at radius 1 is 1.40 bits per heavy atom. The van der Waals surface area contributed by atoms with Gasteiger partial charge in [0.15, 0.2) is 0 Å². The number of ether oxygens (including phenoxy) is 2. The number of methoxy groups -OCH3 is 1. The lowest BCUT2D eigenvalue weighted by atomic mass is 10.1. The van der Waals surface area contributed by atoms with Crippen molar-refractivity contribution in [2.24, 2.45) is 0 Å². The minimum Gasteiger partial charge on any atom is -0.382 e. The van der Waals surface area contributed by atoms with E-state index in [1.165, 1.54) is 11.8 Å². The van der Waals surface area contributed by atoms with Gasteiger partial charge in [-0.2, -0.15) is 0 Å². The van der Waals surface area contributed by atoms with Crippen LogP contribution in [0.2, 0.25) is 0 Å². The number of hydrogen-bond acceptors (Lipinski definition) is 7. The van der Waals surface area contributed by atoms with E-state index in [4.69, 9.17) is 9.47 Å². The van der Waals surface area contributed by atoms with Gasteiger partial charge in [0.2, 0.25) is 11.8 Å². The van der Waals surface area contributed by atoms with E-state index in [9.17, 15) is 14.4 Å². The van der Waals surface area contributed by atoms with E-state index in [2.05, 4.69) is 15.6 Å². The lowest BCUT2D eigenvalue weighted by molar-refractivity contribution is -0.132. The second-order valence-corrected chi connectivity index (χ2v) is 6.47. The molecule has 0 saturated carbocycles. The van der Waals surface area contributed by atoms with Crippen LogP contribution in [0.5, 0.6) is 0 Å². The molecule has 2 rings (SSSR count). The Labute approximate surface area is 150 Å². The van der Waals surface area contributed by atoms with Gasteiger partial charge in [-0.1, -0.05) is 11.8 Å². The Hall–Kier alpha value is -1.97. The van der Waals surface area contributed by atoms with Gasteiger partial charge in [-0.3, -0.25) is 19.7 Å². The molecule has 0 spiro atoms. The van der Waals surface area contributed by atoms with Crippen LogP contribution in [0.4, 0.5) is 0 Å². The van der Waals surface area contributed by atoms with Crippen molar-refractivity contribution in [1.82, 2.24) is 15.6 Å². The predicted octanol–water partition coefficient (Wildman–Crippen LogP) is 0.372. The lowest BCUT2D eigenvalue weighted by Gasteiger charge is -2.20. The first-order valence-electron chi connectivity index (χ1n) is 7.92. The topological polar surface area (TPSA) is 107 Å². The first kappa shape index (κ1) is 19.4. The number of amides is 3. The summed E-state index contributed by atoms with van der Waals surface area (Å²) in [6, 6.07) is 3.32. The molecule has 1 aliphatic rings. The molecule has 9 heteroatoms. The molecule has 136 valence electrons. The summed E-state index contributed by atoms with van der Waals surface area (Å²) in [5, 5.41) is 5.10. The molecule has 8 nitrogen and oxygen atoms in total. The molecular weight excluding hydrogens is 346 g/mol. The number of nitrogens with zero attached hydrogens (tertiary/aromatic N) is 1. The van der Waals surface area contributed by atoms with Crippen molar-refractivity contribution in [1.29, 1.82) is 0 Å². The van der Waals surface area contributed by atoms with Gasteiger partial charge < -0.3 is 14.8 Å². The molecule has 1 aromatic heterocycles. The zero-order chi connectivity index (χ0) is 18.1. The van der Waals surface area contributed by atoms with Crippen LogP contribution < -0.4 is 10.6 Å². The van der Waals surface area contributed by atoms with Gasteiger partial charge in [0.05, 0.1) is 30.6 Å². The average Bonchev–Trinajstić information content (AvgIpc) is 2.60. The predicted molar refractivity (Wildman–Crippen MR) is 91.3 cm³/mol. The highest BCUT2D eigenvalue weighted by molar-refractivity contribution is 8.00. The minimum absolute atomic E-state index is 0.269. The molecular formula is C16H21N3O5S. The number of carbonyl (C=O) groups is 3. The van der Waals surface area contributed by atoms with Crippen molar-refractivity contribution in [3.63, 3.8) is 0 Å². The van der Waals surface area contributed by atoms with Crippen LogP contribution >= 0.6 is 11.8 Å². The molecule has 1 atom stereocenters. The largest absolute Gasteiger partial charge is 0.382 e. The summed E-state index contributed by atoms with van der Waals surface area (Å²) < 4.78 is 10.2. The molecule has 2 heterocycles. The van der Waals surface area contributed by atoms with Crippen molar-refractivity contribution >= 4 is 29.5 Å². The van der Waals surface area contributed by atoms with Crippen molar-refractivity contribution < 1.29 is 23.9 Å². The fraction of sp³-hybridized carbons (Fsp3) is 0.500. The SMILES string of the molecule is COCCOCCNC(=O)c1cccnc1SC1CCC(=O)NC1=O. The number of thioether (sulfide) groups is 1. The molecule has 1 aromatic rings. The summed E-state index contributed by atoms with van der Waals surface area (Å²) >= 11 is 1.20. The number of aromatic nitrogens is 1. The standard InChI is InChI=1S/C16H21N3O5S/c1-23-9-10-24-8-7-17-14(21)11-3-2-6-18-16(11)25-12-4-5-13(20)19-15(12)22/h2-3,6,12H,4-5,7-10H2,1H3,(H,17,21)(H,19,20,22). The van der Waals surface area contributed by atoms with Gasteiger partial charge in [0.25, 0.3) is 5.91 Å². The molecule has 0 aromatic carbocycles. The number of carbonyl (C=O) groups excluding carboxylic acids is 3. The number of nitrogens with one attached hydrogen (secondary N) is 2. The van der Waals surface area contributed by atoms with Gasteiger partial charge >= 0.3 is 0 Å². The zero-order valence-corrected chi connectivity index (χ0v) is 14.8. The molecule has 2 N–H and O–H groups in total. The van der Waals surface area contributed by atoms with E-state index in [0.717, 1.165) is 0 Å². The summed E-state index contributed by atoms with van der Waals surface area (Å²) in [4.78, 5) is 39.6. The van der Waals surface area contributed by atoms with Crippen LogP contribution in [0.3, 0.4) is 0 Å². The van der Waals surface area contributed by atoms with E-state index < -0.39 is 5.25 Å². The third kappa shape index (κ3) is 6.11. The first-order chi connectivity index (χ1) is 12.1. The Morgan fingerprint density at radius 2 is 2.24 bits per heavy atom. The molecule has 1 saturated heterocycles. The molecule has 1 aliphatic heterocycles. The first-order valence-corrected chi connectivity index (χ1v) is 8.80. The van der Waals surface area contributed by atoms with Crippen molar-refractivity contribution in [3.8, 4) is 0 Å². The summed E-state index contributed by atoms with van der Waals surface area (Å²) in [7, 11) is 1.59. The van der Waals surface area contributed by atoms with E-state index in [1.807, 2.05) is 0 Å². The second-order valence-electron chi connectivity index (χ2n) is 5.27. The fourth-order valence-corrected chi connectivity index (χ4v) is 3.24. The van der Waals surface area contributed by atoms with Gasteiger partial charge in [-0.15, -0.1) is 0 Å². The highest BCUT2D eigenvalue weighted by Gasteiger charge is 2.29. The summed E-state index contributed by atoms with van der Waals surface area (Å²) in [6.45, 7) is 1.71.